The Morgan fingerprint density at radius 1 is 1.22 bits per heavy atom. The summed E-state index contributed by atoms with van der Waals surface area (Å²) in [5.74, 6) is 0.802. The van der Waals surface area contributed by atoms with Crippen LogP contribution in [0.3, 0.4) is 0 Å². The fourth-order valence-electron chi connectivity index (χ4n) is 2.36. The van der Waals surface area contributed by atoms with Crippen LogP contribution in [0.25, 0.3) is 0 Å². The van der Waals surface area contributed by atoms with Crippen LogP contribution in [0.4, 0.5) is 0 Å². The van der Waals surface area contributed by atoms with Gasteiger partial charge < -0.3 is 15.2 Å². The highest BCUT2D eigenvalue weighted by molar-refractivity contribution is 7.09. The normalized spacial score (nSPS) is 13.1. The van der Waals surface area contributed by atoms with Crippen molar-refractivity contribution in [2.45, 2.75) is 46.3 Å². The first-order valence-electron chi connectivity index (χ1n) is 7.83. The molecule has 0 aliphatic rings. The third-order valence-electron chi connectivity index (χ3n) is 3.57. The van der Waals surface area contributed by atoms with Crippen molar-refractivity contribution in [2.75, 3.05) is 13.2 Å². The molecule has 2 rings (SSSR count). The van der Waals surface area contributed by atoms with Crippen molar-refractivity contribution in [1.29, 1.82) is 0 Å². The Labute approximate surface area is 142 Å². The number of hydrogen-bond acceptors (Lipinski definition) is 5. The lowest BCUT2D eigenvalue weighted by Crippen LogP contribution is -2.42. The van der Waals surface area contributed by atoms with Crippen molar-refractivity contribution >= 4 is 11.3 Å². The maximum atomic E-state index is 10.2. The average Bonchev–Trinajstić information content (AvgIpc) is 2.89. The zero-order chi connectivity index (χ0) is 17.0. The highest BCUT2D eigenvalue weighted by Gasteiger charge is 2.24. The van der Waals surface area contributed by atoms with Crippen molar-refractivity contribution in [3.05, 3.63) is 45.4 Å². The molecule has 0 aliphatic heterocycles. The van der Waals surface area contributed by atoms with E-state index in [9.17, 15) is 5.11 Å². The number of aryl methyl sites for hydroxylation is 3. The molecule has 2 aromatic rings. The number of benzene rings is 1. The number of nitrogens with zero attached hydrogens (tertiary/aromatic N) is 1. The molecule has 0 spiro atoms. The molecule has 0 aliphatic carbocycles. The Kier molecular flexibility index (Phi) is 5.79. The van der Waals surface area contributed by atoms with Crippen molar-refractivity contribution in [3.8, 4) is 5.75 Å². The lowest BCUT2D eigenvalue weighted by Gasteiger charge is -2.25. The van der Waals surface area contributed by atoms with Gasteiger partial charge >= 0.3 is 0 Å². The van der Waals surface area contributed by atoms with Gasteiger partial charge in [-0.3, -0.25) is 0 Å². The Bertz CT molecular complexity index is 632. The second-order valence-electron chi connectivity index (χ2n) is 6.59. The molecule has 23 heavy (non-hydrogen) atoms. The number of thiazole rings is 1. The Morgan fingerprint density at radius 2 is 1.87 bits per heavy atom. The summed E-state index contributed by atoms with van der Waals surface area (Å²) in [5.41, 5.74) is 3.08. The van der Waals surface area contributed by atoms with E-state index in [0.717, 1.165) is 27.6 Å². The van der Waals surface area contributed by atoms with Gasteiger partial charge in [0.05, 0.1) is 5.54 Å². The molecule has 126 valence electrons. The monoisotopic (exact) mass is 334 g/mol. The SMILES string of the molecule is Cc1cc(C)cc(OCC(O)CNC(C)(C)c2nc(C)cs2)c1. The number of hydrogen-bond donors (Lipinski definition) is 2. The fourth-order valence-corrected chi connectivity index (χ4v) is 3.26. The van der Waals surface area contributed by atoms with E-state index in [4.69, 9.17) is 4.74 Å². The third kappa shape index (κ3) is 5.30. The molecule has 0 bridgehead atoms. The highest BCUT2D eigenvalue weighted by Crippen LogP contribution is 2.23. The van der Waals surface area contributed by atoms with Crippen LogP contribution in [0.5, 0.6) is 5.75 Å². The summed E-state index contributed by atoms with van der Waals surface area (Å²) in [4.78, 5) is 4.52. The summed E-state index contributed by atoms with van der Waals surface area (Å²) in [7, 11) is 0. The van der Waals surface area contributed by atoms with Crippen LogP contribution < -0.4 is 10.1 Å². The summed E-state index contributed by atoms with van der Waals surface area (Å²) in [6, 6.07) is 6.06. The van der Waals surface area contributed by atoms with Gasteiger partial charge in [-0.25, -0.2) is 4.98 Å². The summed E-state index contributed by atoms with van der Waals surface area (Å²) >= 11 is 1.64. The molecule has 2 N–H and O–H groups in total. The van der Waals surface area contributed by atoms with E-state index >= 15 is 0 Å². The second kappa shape index (κ2) is 7.43. The first-order valence-corrected chi connectivity index (χ1v) is 8.71. The molecule has 0 saturated heterocycles. The highest BCUT2D eigenvalue weighted by atomic mass is 32.1. The van der Waals surface area contributed by atoms with Crippen molar-refractivity contribution < 1.29 is 9.84 Å². The van der Waals surface area contributed by atoms with E-state index < -0.39 is 6.10 Å². The first-order chi connectivity index (χ1) is 10.8. The van der Waals surface area contributed by atoms with Crippen LogP contribution in [-0.4, -0.2) is 29.3 Å². The first kappa shape index (κ1) is 17.9. The molecule has 1 unspecified atom stereocenters. The Balaban J connectivity index is 1.84. The van der Waals surface area contributed by atoms with Gasteiger partial charge in [-0.05, 0) is 57.9 Å². The van der Waals surface area contributed by atoms with Gasteiger partial charge in [0.25, 0.3) is 0 Å². The maximum absolute atomic E-state index is 10.2. The Hall–Kier alpha value is -1.43. The third-order valence-corrected chi connectivity index (χ3v) is 4.85. The molecule has 0 radical (unpaired) electrons. The van der Waals surface area contributed by atoms with Gasteiger partial charge in [0, 0.05) is 17.6 Å². The summed E-state index contributed by atoms with van der Waals surface area (Å²) in [5, 5.41) is 16.6. The molecule has 1 atom stereocenters. The quantitative estimate of drug-likeness (QED) is 0.815. The lowest BCUT2D eigenvalue weighted by atomic mass is 10.1. The van der Waals surface area contributed by atoms with Gasteiger partial charge in [-0.2, -0.15) is 0 Å². The van der Waals surface area contributed by atoms with E-state index in [-0.39, 0.29) is 12.1 Å². The van der Waals surface area contributed by atoms with Gasteiger partial charge in [-0.1, -0.05) is 6.07 Å². The number of ether oxygens (including phenoxy) is 1. The van der Waals surface area contributed by atoms with E-state index in [2.05, 4.69) is 30.2 Å². The van der Waals surface area contributed by atoms with Crippen LogP contribution in [0.15, 0.2) is 23.6 Å². The molecule has 4 nitrogen and oxygen atoms in total. The van der Waals surface area contributed by atoms with Gasteiger partial charge in [0.1, 0.15) is 23.5 Å². The predicted molar refractivity (Wildman–Crippen MR) is 95.3 cm³/mol. The van der Waals surface area contributed by atoms with E-state index in [1.807, 2.05) is 38.3 Å². The standard InChI is InChI=1S/C18H26N2O2S/c1-12-6-13(2)8-16(7-12)22-10-15(21)9-19-18(4,5)17-20-14(3)11-23-17/h6-8,11,15,19,21H,9-10H2,1-5H3. The van der Waals surface area contributed by atoms with Crippen LogP contribution >= 0.6 is 11.3 Å². The number of aromatic nitrogens is 1. The zero-order valence-corrected chi connectivity index (χ0v) is 15.3. The summed E-state index contributed by atoms with van der Waals surface area (Å²) < 4.78 is 5.70. The Morgan fingerprint density at radius 3 is 2.43 bits per heavy atom. The van der Waals surface area contributed by atoms with Crippen LogP contribution in [-0.2, 0) is 5.54 Å². The van der Waals surface area contributed by atoms with Crippen LogP contribution in [0.1, 0.15) is 35.7 Å². The fraction of sp³-hybridized carbons (Fsp3) is 0.500. The minimum absolute atomic E-state index is 0.264. The zero-order valence-electron chi connectivity index (χ0n) is 14.5. The lowest BCUT2D eigenvalue weighted by molar-refractivity contribution is 0.0987. The second-order valence-corrected chi connectivity index (χ2v) is 7.45. The van der Waals surface area contributed by atoms with Gasteiger partial charge in [0.15, 0.2) is 0 Å². The number of aliphatic hydroxyl groups is 1. The number of aliphatic hydroxyl groups excluding tert-OH is 1. The summed E-state index contributed by atoms with van der Waals surface area (Å²) in [6.07, 6.45) is -0.573. The molecule has 0 fully saturated rings. The largest absolute Gasteiger partial charge is 0.491 e. The van der Waals surface area contributed by atoms with Crippen molar-refractivity contribution in [1.82, 2.24) is 10.3 Å². The van der Waals surface area contributed by atoms with Gasteiger partial charge in [-0.15, -0.1) is 11.3 Å². The molecule has 0 saturated carbocycles. The summed E-state index contributed by atoms with van der Waals surface area (Å²) in [6.45, 7) is 10.9. The molecule has 1 heterocycles. The van der Waals surface area contributed by atoms with Gasteiger partial charge in [0.2, 0.25) is 0 Å². The molecule has 5 heteroatoms. The van der Waals surface area contributed by atoms with E-state index in [1.165, 1.54) is 0 Å². The van der Waals surface area contributed by atoms with E-state index in [0.29, 0.717) is 6.54 Å². The maximum Gasteiger partial charge on any atom is 0.119 e. The van der Waals surface area contributed by atoms with Crippen molar-refractivity contribution in [3.63, 3.8) is 0 Å². The van der Waals surface area contributed by atoms with Crippen LogP contribution in [0.2, 0.25) is 0 Å². The molecule has 1 aromatic heterocycles. The number of nitrogens with one attached hydrogen (secondary N) is 1. The molecule has 0 amide bonds. The minimum atomic E-state index is -0.573. The van der Waals surface area contributed by atoms with E-state index in [1.54, 1.807) is 11.3 Å². The molecular formula is C18H26N2O2S. The molecular weight excluding hydrogens is 308 g/mol. The topological polar surface area (TPSA) is 54.4 Å². The van der Waals surface area contributed by atoms with Crippen molar-refractivity contribution in [2.24, 2.45) is 0 Å². The minimum Gasteiger partial charge on any atom is -0.491 e. The van der Waals surface area contributed by atoms with Crippen LogP contribution in [0, 0.1) is 20.8 Å². The smallest absolute Gasteiger partial charge is 0.119 e. The average molecular weight is 334 g/mol. The molecule has 1 aromatic carbocycles. The number of rotatable bonds is 7. The predicted octanol–water partition coefficient (Wildman–Crippen LogP) is 3.33.